The molecule has 0 heterocycles. The first kappa shape index (κ1) is 8.52. The van der Waals surface area contributed by atoms with Crippen LogP contribution in [0.5, 0.6) is 0 Å². The molecule has 0 aliphatic heterocycles. The normalized spacial score (nSPS) is 14.8. The lowest BCUT2D eigenvalue weighted by molar-refractivity contribution is 0.182. The highest BCUT2D eigenvalue weighted by Crippen LogP contribution is 2.29. The third kappa shape index (κ3) is 1.65. The summed E-state index contributed by atoms with van der Waals surface area (Å²) in [7, 11) is 0. The van der Waals surface area contributed by atoms with Crippen molar-refractivity contribution in [3.8, 4) is 0 Å². The molecule has 0 bridgehead atoms. The van der Waals surface area contributed by atoms with Gasteiger partial charge in [-0.25, -0.2) is 0 Å². The average molecular weight is 173 g/mol. The third-order valence-corrected chi connectivity index (χ3v) is 2.10. The van der Waals surface area contributed by atoms with E-state index in [1.807, 2.05) is 18.2 Å². The van der Waals surface area contributed by atoms with E-state index >= 15 is 0 Å². The standard InChI is InChI=1S/C12H13O/c1-2-9-13-12-8-7-10-5-3-4-6-11(10)12/h3-8H,2,9H2,1H3. The summed E-state index contributed by atoms with van der Waals surface area (Å²) in [4.78, 5) is 0. The van der Waals surface area contributed by atoms with Gasteiger partial charge in [-0.2, -0.15) is 0 Å². The molecule has 0 atom stereocenters. The minimum Gasteiger partial charge on any atom is -0.362 e. The van der Waals surface area contributed by atoms with Crippen LogP contribution in [-0.4, -0.2) is 6.61 Å². The van der Waals surface area contributed by atoms with Gasteiger partial charge in [-0.1, -0.05) is 37.3 Å². The first-order valence-corrected chi connectivity index (χ1v) is 4.69. The topological polar surface area (TPSA) is 9.23 Å². The molecule has 2 rings (SSSR count). The highest BCUT2D eigenvalue weighted by molar-refractivity contribution is 5.66. The van der Waals surface area contributed by atoms with E-state index in [1.54, 1.807) is 0 Å². The molecule has 67 valence electrons. The van der Waals surface area contributed by atoms with E-state index in [9.17, 15) is 0 Å². The predicted octanol–water partition coefficient (Wildman–Crippen LogP) is 3.02. The highest BCUT2D eigenvalue weighted by atomic mass is 16.5. The van der Waals surface area contributed by atoms with Gasteiger partial charge in [-0.05, 0) is 23.6 Å². The summed E-state index contributed by atoms with van der Waals surface area (Å²) >= 11 is 0. The molecule has 0 fully saturated rings. The molecule has 1 radical (unpaired) electrons. The molecular formula is C12H13O. The zero-order chi connectivity index (χ0) is 9.10. The SMILES string of the molecule is CCCO[C]1C=Cc2ccccc21. The number of fused-ring (bicyclic) bond motifs is 1. The summed E-state index contributed by atoms with van der Waals surface area (Å²) in [5.41, 5.74) is 2.48. The van der Waals surface area contributed by atoms with Gasteiger partial charge in [0.25, 0.3) is 0 Å². The summed E-state index contributed by atoms with van der Waals surface area (Å²) in [5.74, 6) is 0. The van der Waals surface area contributed by atoms with Crippen LogP contribution >= 0.6 is 0 Å². The van der Waals surface area contributed by atoms with Gasteiger partial charge < -0.3 is 4.74 Å². The van der Waals surface area contributed by atoms with Crippen molar-refractivity contribution >= 4 is 6.08 Å². The van der Waals surface area contributed by atoms with Gasteiger partial charge in [0.15, 0.2) is 0 Å². The van der Waals surface area contributed by atoms with Crippen molar-refractivity contribution in [3.05, 3.63) is 47.6 Å². The van der Waals surface area contributed by atoms with E-state index in [0.29, 0.717) is 0 Å². The van der Waals surface area contributed by atoms with Crippen molar-refractivity contribution < 1.29 is 4.74 Å². The molecule has 0 spiro atoms. The summed E-state index contributed by atoms with van der Waals surface area (Å²) < 4.78 is 5.61. The van der Waals surface area contributed by atoms with Gasteiger partial charge in [-0.3, -0.25) is 0 Å². The summed E-state index contributed by atoms with van der Waals surface area (Å²) in [5, 5.41) is 0. The molecule has 0 saturated carbocycles. The van der Waals surface area contributed by atoms with E-state index in [1.165, 1.54) is 11.1 Å². The molecule has 0 N–H and O–H groups in total. The molecular weight excluding hydrogens is 160 g/mol. The Morgan fingerprint density at radius 1 is 1.15 bits per heavy atom. The first-order valence-electron chi connectivity index (χ1n) is 4.69. The van der Waals surface area contributed by atoms with Gasteiger partial charge in [0.05, 0.1) is 0 Å². The molecule has 1 aromatic rings. The summed E-state index contributed by atoms with van der Waals surface area (Å²) in [6, 6.07) is 8.29. The van der Waals surface area contributed by atoms with E-state index in [4.69, 9.17) is 4.74 Å². The number of benzene rings is 1. The Morgan fingerprint density at radius 3 is 2.85 bits per heavy atom. The fraction of sp³-hybridized carbons (Fsp3) is 0.250. The smallest absolute Gasteiger partial charge is 0.149 e. The van der Waals surface area contributed by atoms with Crippen molar-refractivity contribution in [3.63, 3.8) is 0 Å². The lowest BCUT2D eigenvalue weighted by Gasteiger charge is -2.09. The molecule has 1 aromatic carbocycles. The number of ether oxygens (including phenoxy) is 1. The highest BCUT2D eigenvalue weighted by Gasteiger charge is 2.17. The molecule has 1 nitrogen and oxygen atoms in total. The quantitative estimate of drug-likeness (QED) is 0.682. The molecule has 1 aliphatic carbocycles. The fourth-order valence-corrected chi connectivity index (χ4v) is 1.46. The van der Waals surface area contributed by atoms with Gasteiger partial charge >= 0.3 is 0 Å². The third-order valence-electron chi connectivity index (χ3n) is 2.10. The van der Waals surface area contributed by atoms with E-state index < -0.39 is 0 Å². The molecule has 0 saturated heterocycles. The van der Waals surface area contributed by atoms with E-state index in [-0.39, 0.29) is 0 Å². The molecule has 13 heavy (non-hydrogen) atoms. The van der Waals surface area contributed by atoms with Crippen molar-refractivity contribution in [2.75, 3.05) is 6.61 Å². The summed E-state index contributed by atoms with van der Waals surface area (Å²) in [6.07, 6.45) is 6.21. The van der Waals surface area contributed by atoms with Crippen molar-refractivity contribution in [2.45, 2.75) is 13.3 Å². The van der Waals surface area contributed by atoms with Crippen LogP contribution in [0.2, 0.25) is 0 Å². The van der Waals surface area contributed by atoms with Crippen LogP contribution in [0.15, 0.2) is 30.3 Å². The second kappa shape index (κ2) is 3.75. The lowest BCUT2D eigenvalue weighted by Crippen LogP contribution is -2.01. The van der Waals surface area contributed by atoms with Gasteiger partial charge in [0.1, 0.15) is 6.10 Å². The minimum absolute atomic E-state index is 0.800. The monoisotopic (exact) mass is 173 g/mol. The largest absolute Gasteiger partial charge is 0.362 e. The summed E-state index contributed by atoms with van der Waals surface area (Å²) in [6.45, 7) is 2.92. The van der Waals surface area contributed by atoms with Crippen molar-refractivity contribution in [2.24, 2.45) is 0 Å². The maximum absolute atomic E-state index is 5.61. The maximum atomic E-state index is 5.61. The Bertz CT molecular complexity index is 315. The van der Waals surface area contributed by atoms with Crippen molar-refractivity contribution in [1.29, 1.82) is 0 Å². The molecule has 1 aliphatic rings. The Labute approximate surface area is 79.0 Å². The van der Waals surface area contributed by atoms with Crippen LogP contribution in [0.1, 0.15) is 24.5 Å². The Morgan fingerprint density at radius 2 is 2.00 bits per heavy atom. The maximum Gasteiger partial charge on any atom is 0.149 e. The minimum atomic E-state index is 0.800. The lowest BCUT2D eigenvalue weighted by atomic mass is 10.1. The van der Waals surface area contributed by atoms with Crippen LogP contribution in [0.25, 0.3) is 6.08 Å². The Balaban J connectivity index is 2.14. The van der Waals surface area contributed by atoms with Crippen LogP contribution in [0.3, 0.4) is 0 Å². The van der Waals surface area contributed by atoms with Crippen LogP contribution in [0.4, 0.5) is 0 Å². The predicted molar refractivity (Wildman–Crippen MR) is 54.1 cm³/mol. The molecule has 0 aromatic heterocycles. The van der Waals surface area contributed by atoms with Crippen LogP contribution in [-0.2, 0) is 4.74 Å². The molecule has 0 amide bonds. The second-order valence-corrected chi connectivity index (χ2v) is 3.13. The second-order valence-electron chi connectivity index (χ2n) is 3.13. The first-order chi connectivity index (χ1) is 6.42. The molecule has 0 unspecified atom stereocenters. The van der Waals surface area contributed by atoms with Crippen LogP contribution < -0.4 is 0 Å². The Kier molecular flexibility index (Phi) is 2.46. The number of hydrogen-bond acceptors (Lipinski definition) is 1. The number of rotatable bonds is 3. The number of hydrogen-bond donors (Lipinski definition) is 0. The van der Waals surface area contributed by atoms with Gasteiger partial charge in [0.2, 0.25) is 0 Å². The van der Waals surface area contributed by atoms with E-state index in [2.05, 4.69) is 25.1 Å². The van der Waals surface area contributed by atoms with Gasteiger partial charge in [0, 0.05) is 6.61 Å². The average Bonchev–Trinajstić information content (AvgIpc) is 2.58. The fourth-order valence-electron chi connectivity index (χ4n) is 1.46. The molecule has 1 heteroatoms. The Hall–Kier alpha value is -1.08. The zero-order valence-corrected chi connectivity index (χ0v) is 7.79. The van der Waals surface area contributed by atoms with Crippen molar-refractivity contribution in [1.82, 2.24) is 0 Å². The van der Waals surface area contributed by atoms with Gasteiger partial charge in [-0.15, -0.1) is 0 Å². The van der Waals surface area contributed by atoms with E-state index in [0.717, 1.165) is 19.1 Å². The zero-order valence-electron chi connectivity index (χ0n) is 7.79. The van der Waals surface area contributed by atoms with Crippen LogP contribution in [0, 0.1) is 6.10 Å².